The predicted molar refractivity (Wildman–Crippen MR) is 74.7 cm³/mol. The van der Waals surface area contributed by atoms with E-state index in [0.717, 1.165) is 25.7 Å². The number of hydrogen-bond acceptors (Lipinski definition) is 3. The molecule has 0 spiro atoms. The van der Waals surface area contributed by atoms with Crippen LogP contribution in [-0.4, -0.2) is 37.6 Å². The summed E-state index contributed by atoms with van der Waals surface area (Å²) in [6, 6.07) is 4.07. The van der Waals surface area contributed by atoms with Crippen molar-refractivity contribution in [1.29, 1.82) is 0 Å². The van der Waals surface area contributed by atoms with E-state index in [0.29, 0.717) is 18.8 Å². The molecule has 1 heterocycles. The van der Waals surface area contributed by atoms with Crippen molar-refractivity contribution in [1.82, 2.24) is 4.90 Å². The molecule has 1 aromatic carbocycles. The largest absolute Gasteiger partial charge is 0.418 e. The quantitative estimate of drug-likeness (QED) is 0.684. The lowest BCUT2D eigenvalue weighted by molar-refractivity contribution is -0.136. The fraction of sp³-hybridized carbons (Fsp3) is 0.429. The van der Waals surface area contributed by atoms with Crippen LogP contribution in [-0.2, 0) is 6.18 Å². The van der Waals surface area contributed by atoms with Gasteiger partial charge >= 0.3 is 6.18 Å². The van der Waals surface area contributed by atoms with Crippen LogP contribution in [0.15, 0.2) is 30.9 Å². The van der Waals surface area contributed by atoms with E-state index in [-0.39, 0.29) is 5.69 Å². The summed E-state index contributed by atoms with van der Waals surface area (Å²) in [5.41, 5.74) is 5.23. The summed E-state index contributed by atoms with van der Waals surface area (Å²) in [6.07, 6.45) is -2.58. The molecule has 0 atom stereocenters. The Morgan fingerprint density at radius 3 is 2.40 bits per heavy atom. The second kappa shape index (κ2) is 5.75. The van der Waals surface area contributed by atoms with E-state index >= 15 is 0 Å². The Morgan fingerprint density at radius 1 is 1.20 bits per heavy atom. The number of hydrogen-bond donors (Lipinski definition) is 1. The zero-order valence-electron chi connectivity index (χ0n) is 11.2. The molecule has 0 radical (unpaired) electrons. The molecular formula is C14H18F3N3. The average Bonchev–Trinajstić information content (AvgIpc) is 2.39. The van der Waals surface area contributed by atoms with Gasteiger partial charge in [-0.05, 0) is 12.1 Å². The molecule has 0 amide bonds. The van der Waals surface area contributed by atoms with Gasteiger partial charge < -0.3 is 10.6 Å². The molecule has 6 heteroatoms. The molecule has 0 bridgehead atoms. The highest BCUT2D eigenvalue weighted by atomic mass is 19.4. The summed E-state index contributed by atoms with van der Waals surface area (Å²) in [6.45, 7) is 7.40. The normalized spacial score (nSPS) is 17.2. The summed E-state index contributed by atoms with van der Waals surface area (Å²) < 4.78 is 38.5. The van der Waals surface area contributed by atoms with E-state index in [2.05, 4.69) is 11.5 Å². The van der Waals surface area contributed by atoms with E-state index in [1.165, 1.54) is 6.07 Å². The van der Waals surface area contributed by atoms with Crippen LogP contribution < -0.4 is 10.6 Å². The lowest BCUT2D eigenvalue weighted by atomic mass is 10.1. The summed E-state index contributed by atoms with van der Waals surface area (Å²) in [4.78, 5) is 4.11. The Labute approximate surface area is 116 Å². The summed E-state index contributed by atoms with van der Waals surface area (Å²) in [7, 11) is 0. The Bertz CT molecular complexity index is 477. The average molecular weight is 285 g/mol. The minimum atomic E-state index is -4.41. The molecule has 0 saturated carbocycles. The molecule has 0 unspecified atom stereocenters. The molecule has 1 aliphatic heterocycles. The molecule has 0 aromatic heterocycles. The highest BCUT2D eigenvalue weighted by Gasteiger charge is 2.34. The fourth-order valence-corrected chi connectivity index (χ4v) is 2.43. The first-order valence-corrected chi connectivity index (χ1v) is 6.47. The third-order valence-corrected chi connectivity index (χ3v) is 3.49. The van der Waals surface area contributed by atoms with Crippen molar-refractivity contribution in [2.75, 3.05) is 43.4 Å². The Balaban J connectivity index is 2.16. The van der Waals surface area contributed by atoms with E-state index < -0.39 is 11.7 Å². The molecule has 1 aromatic rings. The van der Waals surface area contributed by atoms with Gasteiger partial charge in [0.2, 0.25) is 0 Å². The van der Waals surface area contributed by atoms with Crippen LogP contribution >= 0.6 is 0 Å². The van der Waals surface area contributed by atoms with Gasteiger partial charge in [0.1, 0.15) is 0 Å². The van der Waals surface area contributed by atoms with Crippen LogP contribution in [0.2, 0.25) is 0 Å². The first kappa shape index (κ1) is 14.7. The first-order chi connectivity index (χ1) is 9.43. The summed E-state index contributed by atoms with van der Waals surface area (Å²) in [5, 5.41) is 0. The van der Waals surface area contributed by atoms with Gasteiger partial charge in [-0.25, -0.2) is 0 Å². The molecule has 1 saturated heterocycles. The van der Waals surface area contributed by atoms with Crippen molar-refractivity contribution in [2.45, 2.75) is 6.18 Å². The van der Waals surface area contributed by atoms with Crippen molar-refractivity contribution in [3.05, 3.63) is 36.4 Å². The van der Waals surface area contributed by atoms with Crippen molar-refractivity contribution < 1.29 is 13.2 Å². The van der Waals surface area contributed by atoms with Crippen LogP contribution in [0.4, 0.5) is 24.5 Å². The molecule has 20 heavy (non-hydrogen) atoms. The van der Waals surface area contributed by atoms with Gasteiger partial charge in [0.15, 0.2) is 0 Å². The maximum Gasteiger partial charge on any atom is 0.418 e. The molecule has 110 valence electrons. The van der Waals surface area contributed by atoms with Crippen LogP contribution in [0.25, 0.3) is 0 Å². The third kappa shape index (κ3) is 3.07. The summed E-state index contributed by atoms with van der Waals surface area (Å²) >= 11 is 0. The Kier molecular flexibility index (Phi) is 4.23. The van der Waals surface area contributed by atoms with E-state index in [1.807, 2.05) is 11.0 Å². The van der Waals surface area contributed by atoms with Crippen LogP contribution in [0.3, 0.4) is 0 Å². The van der Waals surface area contributed by atoms with E-state index in [9.17, 15) is 13.2 Å². The fourth-order valence-electron chi connectivity index (χ4n) is 2.43. The lowest BCUT2D eigenvalue weighted by Gasteiger charge is -2.36. The number of nitrogens with zero attached hydrogens (tertiary/aromatic N) is 2. The van der Waals surface area contributed by atoms with E-state index in [4.69, 9.17) is 5.73 Å². The van der Waals surface area contributed by atoms with Gasteiger partial charge in [0.25, 0.3) is 0 Å². The van der Waals surface area contributed by atoms with Crippen molar-refractivity contribution in [2.24, 2.45) is 0 Å². The van der Waals surface area contributed by atoms with Crippen LogP contribution in [0.5, 0.6) is 0 Å². The Morgan fingerprint density at radius 2 is 1.85 bits per heavy atom. The number of benzene rings is 1. The van der Waals surface area contributed by atoms with Crippen LogP contribution in [0.1, 0.15) is 5.56 Å². The smallest absolute Gasteiger partial charge is 0.397 e. The van der Waals surface area contributed by atoms with Gasteiger partial charge in [0, 0.05) is 32.7 Å². The van der Waals surface area contributed by atoms with Crippen molar-refractivity contribution in [3.8, 4) is 0 Å². The highest BCUT2D eigenvalue weighted by molar-refractivity contribution is 5.72. The SMILES string of the molecule is C=CCN1CCN(c2cccc(C(F)(F)F)c2N)CC1. The van der Waals surface area contributed by atoms with Gasteiger partial charge in [-0.2, -0.15) is 13.2 Å². The Hall–Kier alpha value is -1.69. The second-order valence-corrected chi connectivity index (χ2v) is 4.81. The number of halogens is 3. The third-order valence-electron chi connectivity index (χ3n) is 3.49. The van der Waals surface area contributed by atoms with Crippen molar-refractivity contribution in [3.63, 3.8) is 0 Å². The standard InChI is InChI=1S/C14H18F3N3/c1-2-6-19-7-9-20(10-8-19)12-5-3-4-11(13(12)18)14(15,16)17/h2-5H,1,6-10,18H2. The molecule has 2 rings (SSSR count). The van der Waals surface area contributed by atoms with Crippen LogP contribution in [0, 0.1) is 0 Å². The number of anilines is 2. The molecule has 1 fully saturated rings. The number of piperazine rings is 1. The zero-order valence-corrected chi connectivity index (χ0v) is 11.2. The maximum atomic E-state index is 12.8. The molecule has 0 aliphatic carbocycles. The maximum absolute atomic E-state index is 12.8. The van der Waals surface area contributed by atoms with Gasteiger partial charge in [-0.3, -0.25) is 4.90 Å². The zero-order chi connectivity index (χ0) is 14.8. The topological polar surface area (TPSA) is 32.5 Å². The van der Waals surface area contributed by atoms with Gasteiger partial charge in [-0.1, -0.05) is 12.1 Å². The minimum Gasteiger partial charge on any atom is -0.397 e. The number of para-hydroxylation sites is 1. The number of nitrogen functional groups attached to an aromatic ring is 1. The van der Waals surface area contributed by atoms with E-state index in [1.54, 1.807) is 6.07 Å². The van der Waals surface area contributed by atoms with Gasteiger partial charge in [0.05, 0.1) is 16.9 Å². The second-order valence-electron chi connectivity index (χ2n) is 4.81. The van der Waals surface area contributed by atoms with Gasteiger partial charge in [-0.15, -0.1) is 6.58 Å². The molecular weight excluding hydrogens is 267 g/mol. The first-order valence-electron chi connectivity index (χ1n) is 6.47. The highest BCUT2D eigenvalue weighted by Crippen LogP contribution is 2.38. The molecule has 2 N–H and O–H groups in total. The molecule has 1 aliphatic rings. The number of nitrogens with two attached hydrogens (primary N) is 1. The minimum absolute atomic E-state index is 0.183. The molecule has 3 nitrogen and oxygen atoms in total. The lowest BCUT2D eigenvalue weighted by Crippen LogP contribution is -2.46. The van der Waals surface area contributed by atoms with Crippen molar-refractivity contribution >= 4 is 11.4 Å². The predicted octanol–water partition coefficient (Wildman–Crippen LogP) is 2.60. The number of rotatable bonds is 3. The number of alkyl halides is 3. The summed E-state index contributed by atoms with van der Waals surface area (Å²) in [5.74, 6) is 0. The monoisotopic (exact) mass is 285 g/mol.